The fourth-order valence-electron chi connectivity index (χ4n) is 2.66. The van der Waals surface area contributed by atoms with Crippen LogP contribution in [0.25, 0.3) is 10.9 Å². The van der Waals surface area contributed by atoms with E-state index in [1.165, 1.54) is 0 Å². The van der Waals surface area contributed by atoms with Crippen LogP contribution >= 0.6 is 0 Å². The molecule has 100 valence electrons. The maximum Gasteiger partial charge on any atom is 0.193 e. The molecule has 0 amide bonds. The fraction of sp³-hybridized carbons (Fsp3) is 0.400. The third kappa shape index (κ3) is 1.87. The summed E-state index contributed by atoms with van der Waals surface area (Å²) in [5, 5.41) is 0.665. The van der Waals surface area contributed by atoms with Crippen molar-refractivity contribution in [3.05, 3.63) is 33.6 Å². The van der Waals surface area contributed by atoms with E-state index in [2.05, 4.69) is 4.98 Å². The minimum atomic E-state index is 0.0817. The Balaban J connectivity index is 2.34. The molecule has 0 radical (unpaired) electrons. The molecular weight excluding hydrogens is 242 g/mol. The molecule has 1 aliphatic rings. The molecule has 0 saturated heterocycles. The second kappa shape index (κ2) is 4.30. The van der Waals surface area contributed by atoms with Gasteiger partial charge in [0.2, 0.25) is 0 Å². The summed E-state index contributed by atoms with van der Waals surface area (Å²) >= 11 is 0. The third-order valence-electron chi connectivity index (χ3n) is 3.48. The third-order valence-corrected chi connectivity index (χ3v) is 3.48. The lowest BCUT2D eigenvalue weighted by Crippen LogP contribution is -2.18. The molecule has 0 spiro atoms. The van der Waals surface area contributed by atoms with Gasteiger partial charge in [-0.15, -0.1) is 0 Å². The average molecular weight is 259 g/mol. The van der Waals surface area contributed by atoms with Crippen molar-refractivity contribution >= 4 is 10.9 Å². The Morgan fingerprint density at radius 3 is 2.42 bits per heavy atom. The molecule has 3 rings (SSSR count). The first-order valence-electron chi connectivity index (χ1n) is 6.54. The van der Waals surface area contributed by atoms with Crippen LogP contribution in [-0.4, -0.2) is 18.2 Å². The number of hydrogen-bond donors (Lipinski definition) is 1. The van der Waals surface area contributed by atoms with E-state index in [1.807, 2.05) is 26.8 Å². The normalized spacial score (nSPS) is 14.1. The van der Waals surface area contributed by atoms with Crippen LogP contribution in [0.4, 0.5) is 0 Å². The molecule has 0 bridgehead atoms. The average Bonchev–Trinajstić information content (AvgIpc) is 2.36. The molecule has 4 heteroatoms. The summed E-state index contributed by atoms with van der Waals surface area (Å²) < 4.78 is 11.1. The van der Waals surface area contributed by atoms with E-state index in [0.717, 1.165) is 16.8 Å². The molecule has 1 N–H and O–H groups in total. The van der Waals surface area contributed by atoms with Crippen molar-refractivity contribution in [2.24, 2.45) is 0 Å². The summed E-state index contributed by atoms with van der Waals surface area (Å²) in [7, 11) is 0. The van der Waals surface area contributed by atoms with Crippen LogP contribution in [0.3, 0.4) is 0 Å². The molecule has 0 atom stereocenters. The van der Waals surface area contributed by atoms with Crippen molar-refractivity contribution in [2.45, 2.75) is 26.7 Å². The maximum atomic E-state index is 12.6. The van der Waals surface area contributed by atoms with Gasteiger partial charge >= 0.3 is 0 Å². The minimum Gasteiger partial charge on any atom is -0.486 e. The predicted octanol–water partition coefficient (Wildman–Crippen LogP) is 2.73. The SMILES string of the molecule is Cc1[nH]c2cc3c(cc2c(=O)c1C(C)C)OCCO3. The first-order valence-corrected chi connectivity index (χ1v) is 6.54. The van der Waals surface area contributed by atoms with Crippen LogP contribution in [0.15, 0.2) is 16.9 Å². The van der Waals surface area contributed by atoms with Crippen LogP contribution in [-0.2, 0) is 0 Å². The largest absolute Gasteiger partial charge is 0.486 e. The van der Waals surface area contributed by atoms with Crippen LogP contribution in [0.2, 0.25) is 0 Å². The Hall–Kier alpha value is -1.97. The van der Waals surface area contributed by atoms with Gasteiger partial charge in [-0.3, -0.25) is 4.79 Å². The number of ether oxygens (including phenoxy) is 2. The summed E-state index contributed by atoms with van der Waals surface area (Å²) in [5.74, 6) is 1.55. The smallest absolute Gasteiger partial charge is 0.193 e. The van der Waals surface area contributed by atoms with E-state index >= 15 is 0 Å². The fourth-order valence-corrected chi connectivity index (χ4v) is 2.66. The second-order valence-corrected chi connectivity index (χ2v) is 5.19. The van der Waals surface area contributed by atoms with E-state index in [9.17, 15) is 4.79 Å². The number of benzene rings is 1. The Morgan fingerprint density at radius 1 is 1.16 bits per heavy atom. The summed E-state index contributed by atoms with van der Waals surface area (Å²) in [6.07, 6.45) is 0. The van der Waals surface area contributed by atoms with Gasteiger partial charge in [-0.25, -0.2) is 0 Å². The van der Waals surface area contributed by atoms with Crippen LogP contribution in [0.1, 0.15) is 31.0 Å². The molecule has 1 aliphatic heterocycles. The molecule has 0 fully saturated rings. The van der Waals surface area contributed by atoms with Gasteiger partial charge in [0.25, 0.3) is 0 Å². The zero-order chi connectivity index (χ0) is 13.6. The van der Waals surface area contributed by atoms with Crippen LogP contribution in [0, 0.1) is 6.92 Å². The number of H-pyrrole nitrogens is 1. The van der Waals surface area contributed by atoms with Gasteiger partial charge in [-0.2, -0.15) is 0 Å². The highest BCUT2D eigenvalue weighted by Gasteiger charge is 2.17. The summed E-state index contributed by atoms with van der Waals surface area (Å²) in [6.45, 7) is 7.07. The maximum absolute atomic E-state index is 12.6. The molecule has 1 aromatic carbocycles. The van der Waals surface area contributed by atoms with E-state index < -0.39 is 0 Å². The van der Waals surface area contributed by atoms with Gasteiger partial charge in [0.15, 0.2) is 16.9 Å². The van der Waals surface area contributed by atoms with Crippen molar-refractivity contribution in [2.75, 3.05) is 13.2 Å². The monoisotopic (exact) mass is 259 g/mol. The molecule has 19 heavy (non-hydrogen) atoms. The topological polar surface area (TPSA) is 51.3 Å². The van der Waals surface area contributed by atoms with Gasteiger partial charge < -0.3 is 14.5 Å². The first-order chi connectivity index (χ1) is 9.08. The van der Waals surface area contributed by atoms with E-state index in [-0.39, 0.29) is 11.3 Å². The van der Waals surface area contributed by atoms with Crippen molar-refractivity contribution < 1.29 is 9.47 Å². The van der Waals surface area contributed by atoms with Crippen molar-refractivity contribution in [1.82, 2.24) is 4.98 Å². The number of aromatic nitrogens is 1. The standard InChI is InChI=1S/C15H17NO3/c1-8(2)14-9(3)16-11-7-13-12(18-4-5-19-13)6-10(11)15(14)17/h6-8H,4-5H2,1-3H3,(H,16,17). The summed E-state index contributed by atoms with van der Waals surface area (Å²) in [6, 6.07) is 3.64. The Labute approximate surface area is 111 Å². The first kappa shape index (κ1) is 12.1. The number of hydrogen-bond acceptors (Lipinski definition) is 3. The zero-order valence-electron chi connectivity index (χ0n) is 11.4. The molecular formula is C15H17NO3. The van der Waals surface area contributed by atoms with Crippen molar-refractivity contribution in [1.29, 1.82) is 0 Å². The van der Waals surface area contributed by atoms with E-state index in [0.29, 0.717) is 30.1 Å². The molecule has 2 heterocycles. The van der Waals surface area contributed by atoms with Crippen LogP contribution < -0.4 is 14.9 Å². The minimum absolute atomic E-state index is 0.0817. The van der Waals surface area contributed by atoms with Crippen molar-refractivity contribution in [3.8, 4) is 11.5 Å². The van der Waals surface area contributed by atoms with Gasteiger partial charge in [0.1, 0.15) is 13.2 Å². The highest BCUT2D eigenvalue weighted by atomic mass is 16.6. The molecule has 0 aliphatic carbocycles. The van der Waals surface area contributed by atoms with Gasteiger partial charge in [0, 0.05) is 22.7 Å². The van der Waals surface area contributed by atoms with Crippen LogP contribution in [0.5, 0.6) is 11.5 Å². The Morgan fingerprint density at radius 2 is 1.79 bits per heavy atom. The molecule has 0 saturated carbocycles. The highest BCUT2D eigenvalue weighted by Crippen LogP contribution is 2.33. The molecule has 4 nitrogen and oxygen atoms in total. The number of fused-ring (bicyclic) bond motifs is 2. The number of rotatable bonds is 1. The number of pyridine rings is 1. The predicted molar refractivity (Wildman–Crippen MR) is 74.4 cm³/mol. The van der Waals surface area contributed by atoms with E-state index in [4.69, 9.17) is 9.47 Å². The number of aryl methyl sites for hydroxylation is 1. The van der Waals surface area contributed by atoms with Gasteiger partial charge in [-0.1, -0.05) is 13.8 Å². The highest BCUT2D eigenvalue weighted by molar-refractivity contribution is 5.83. The lowest BCUT2D eigenvalue weighted by molar-refractivity contribution is 0.172. The number of nitrogens with one attached hydrogen (secondary N) is 1. The summed E-state index contributed by atoms with van der Waals surface area (Å²) in [4.78, 5) is 15.9. The lowest BCUT2D eigenvalue weighted by Gasteiger charge is -2.19. The number of aromatic amines is 1. The molecule has 0 unspecified atom stereocenters. The second-order valence-electron chi connectivity index (χ2n) is 5.19. The Bertz CT molecular complexity index is 701. The lowest BCUT2D eigenvalue weighted by atomic mass is 9.99. The molecule has 2 aromatic rings. The van der Waals surface area contributed by atoms with E-state index in [1.54, 1.807) is 6.07 Å². The Kier molecular flexibility index (Phi) is 2.73. The zero-order valence-corrected chi connectivity index (χ0v) is 11.4. The van der Waals surface area contributed by atoms with Gasteiger partial charge in [-0.05, 0) is 18.9 Å². The molecule has 1 aromatic heterocycles. The van der Waals surface area contributed by atoms with Gasteiger partial charge in [0.05, 0.1) is 5.52 Å². The van der Waals surface area contributed by atoms with Crippen molar-refractivity contribution in [3.63, 3.8) is 0 Å². The quantitative estimate of drug-likeness (QED) is 0.856. The summed E-state index contributed by atoms with van der Waals surface area (Å²) in [5.41, 5.74) is 2.64.